The smallest absolute Gasteiger partial charge is 0.0724 e. The molecule has 0 aliphatic heterocycles. The Balaban J connectivity index is 1.36. The van der Waals surface area contributed by atoms with Crippen molar-refractivity contribution < 1.29 is 0 Å². The second-order valence-electron chi connectivity index (χ2n) is 13.4. The zero-order valence-corrected chi connectivity index (χ0v) is 27.7. The average molecular weight is 650 g/mol. The van der Waals surface area contributed by atoms with Crippen molar-refractivity contribution in [2.24, 2.45) is 0 Å². The summed E-state index contributed by atoms with van der Waals surface area (Å²) in [6.07, 6.45) is 0. The molecule has 8 aromatic carbocycles. The molecule has 0 saturated heterocycles. The first-order chi connectivity index (χ1) is 25.3. The maximum Gasteiger partial charge on any atom is 0.0724 e. The fourth-order valence-corrected chi connectivity index (χ4v) is 8.43. The Kier molecular flexibility index (Phi) is 5.96. The molecular formula is C48H31N3. The number of hydrogen-bond acceptors (Lipinski definition) is 0. The van der Waals surface area contributed by atoms with Gasteiger partial charge in [0.2, 0.25) is 0 Å². The van der Waals surface area contributed by atoms with Gasteiger partial charge in [0, 0.05) is 38.0 Å². The summed E-state index contributed by atoms with van der Waals surface area (Å²) in [7, 11) is 0. The zero-order valence-electron chi connectivity index (χ0n) is 27.7. The maximum absolute atomic E-state index is 2.48. The lowest BCUT2D eigenvalue weighted by atomic mass is 10.0. The van der Waals surface area contributed by atoms with Crippen molar-refractivity contribution in [2.45, 2.75) is 0 Å². The summed E-state index contributed by atoms with van der Waals surface area (Å²) in [6.45, 7) is 0. The van der Waals surface area contributed by atoms with Gasteiger partial charge in [-0.2, -0.15) is 0 Å². The van der Waals surface area contributed by atoms with Gasteiger partial charge in [-0.3, -0.25) is 0 Å². The molecule has 238 valence electrons. The minimum Gasteiger partial charge on any atom is -0.309 e. The predicted molar refractivity (Wildman–Crippen MR) is 215 cm³/mol. The van der Waals surface area contributed by atoms with Crippen LogP contribution in [0.1, 0.15) is 0 Å². The maximum atomic E-state index is 2.48. The monoisotopic (exact) mass is 649 g/mol. The Labute approximate surface area is 294 Å². The van der Waals surface area contributed by atoms with Crippen molar-refractivity contribution in [1.82, 2.24) is 13.7 Å². The molecule has 51 heavy (non-hydrogen) atoms. The van der Waals surface area contributed by atoms with E-state index in [0.29, 0.717) is 0 Å². The van der Waals surface area contributed by atoms with Gasteiger partial charge in [-0.15, -0.1) is 0 Å². The van der Waals surface area contributed by atoms with Crippen LogP contribution in [-0.4, -0.2) is 13.7 Å². The van der Waals surface area contributed by atoms with Crippen LogP contribution in [0.2, 0.25) is 0 Å². The van der Waals surface area contributed by atoms with Crippen molar-refractivity contribution in [3.05, 3.63) is 188 Å². The van der Waals surface area contributed by atoms with Crippen molar-refractivity contribution in [1.29, 1.82) is 0 Å². The highest BCUT2D eigenvalue weighted by atomic mass is 15.1. The molecule has 0 aliphatic rings. The van der Waals surface area contributed by atoms with Gasteiger partial charge in [-0.05, 0) is 71.8 Å². The second kappa shape index (κ2) is 10.8. The van der Waals surface area contributed by atoms with Gasteiger partial charge in [0.05, 0.1) is 44.5 Å². The van der Waals surface area contributed by atoms with Crippen LogP contribution in [0.5, 0.6) is 0 Å². The molecule has 0 fully saturated rings. The predicted octanol–water partition coefficient (Wildman–Crippen LogP) is 12.6. The SMILES string of the molecule is c1ccc(-c2ccc3c(c2)c2cc(-n4c5ccccc5c5ccccc54)c(-n4c5ccccc5c5ccccc54)cc2n3-c2ccccc2)cc1. The fourth-order valence-electron chi connectivity index (χ4n) is 8.43. The van der Waals surface area contributed by atoms with Crippen LogP contribution in [0.15, 0.2) is 188 Å². The van der Waals surface area contributed by atoms with E-state index in [2.05, 4.69) is 202 Å². The standard InChI is InChI=1S/C48H31N3/c1-3-15-32(16-4-1)33-27-28-45-39(29-33)40-30-47(50-41-23-11-7-19-35(41)36-20-8-12-24-42(36)50)48(31-46(40)49(45)34-17-5-2-6-18-34)51-43-25-13-9-21-37(43)38-22-10-14-26-44(38)51/h1-31H. The molecule has 3 heteroatoms. The van der Waals surface area contributed by atoms with Crippen molar-refractivity contribution in [2.75, 3.05) is 0 Å². The molecule has 0 N–H and O–H groups in total. The van der Waals surface area contributed by atoms with Gasteiger partial charge in [0.15, 0.2) is 0 Å². The van der Waals surface area contributed by atoms with Crippen molar-refractivity contribution >= 4 is 65.4 Å². The first kappa shape index (κ1) is 28.0. The third-order valence-electron chi connectivity index (χ3n) is 10.6. The summed E-state index contributed by atoms with van der Waals surface area (Å²) in [5.74, 6) is 0. The second-order valence-corrected chi connectivity index (χ2v) is 13.4. The number of fused-ring (bicyclic) bond motifs is 9. The van der Waals surface area contributed by atoms with Gasteiger partial charge < -0.3 is 13.7 Å². The van der Waals surface area contributed by atoms with Gasteiger partial charge in [-0.25, -0.2) is 0 Å². The topological polar surface area (TPSA) is 14.8 Å². The Bertz CT molecular complexity index is 3020. The van der Waals surface area contributed by atoms with Crippen LogP contribution in [0.4, 0.5) is 0 Å². The largest absolute Gasteiger partial charge is 0.309 e. The molecular weight excluding hydrogens is 619 g/mol. The highest BCUT2D eigenvalue weighted by molar-refractivity contribution is 6.15. The van der Waals surface area contributed by atoms with Gasteiger partial charge in [-0.1, -0.05) is 127 Å². The van der Waals surface area contributed by atoms with Gasteiger partial charge >= 0.3 is 0 Å². The van der Waals surface area contributed by atoms with E-state index < -0.39 is 0 Å². The minimum atomic E-state index is 1.13. The van der Waals surface area contributed by atoms with Gasteiger partial charge in [0.25, 0.3) is 0 Å². The normalized spacial score (nSPS) is 11.9. The molecule has 0 radical (unpaired) electrons. The number of hydrogen-bond donors (Lipinski definition) is 0. The van der Waals surface area contributed by atoms with E-state index in [1.54, 1.807) is 0 Å². The Morgan fingerprint density at radius 3 is 1.18 bits per heavy atom. The summed E-state index contributed by atoms with van der Waals surface area (Å²) in [5.41, 5.74) is 13.0. The molecule has 0 aliphatic carbocycles. The van der Waals surface area contributed by atoms with Crippen LogP contribution < -0.4 is 0 Å². The van der Waals surface area contributed by atoms with E-state index >= 15 is 0 Å². The highest BCUT2D eigenvalue weighted by Gasteiger charge is 2.23. The summed E-state index contributed by atoms with van der Waals surface area (Å²) < 4.78 is 7.40. The third-order valence-corrected chi connectivity index (χ3v) is 10.6. The quantitative estimate of drug-likeness (QED) is 0.180. The Morgan fingerprint density at radius 2 is 0.647 bits per heavy atom. The number of nitrogens with zero attached hydrogens (tertiary/aromatic N) is 3. The average Bonchev–Trinajstić information content (AvgIpc) is 3.83. The first-order valence-electron chi connectivity index (χ1n) is 17.5. The molecule has 0 unspecified atom stereocenters. The fraction of sp³-hybridized carbons (Fsp3) is 0. The lowest BCUT2D eigenvalue weighted by Gasteiger charge is -2.18. The van der Waals surface area contributed by atoms with E-state index in [1.165, 1.54) is 76.5 Å². The van der Waals surface area contributed by atoms with Crippen molar-refractivity contribution in [3.63, 3.8) is 0 Å². The molecule has 11 aromatic rings. The molecule has 0 amide bonds. The van der Waals surface area contributed by atoms with Gasteiger partial charge in [0.1, 0.15) is 0 Å². The zero-order chi connectivity index (χ0) is 33.5. The van der Waals surface area contributed by atoms with E-state index in [1.807, 2.05) is 0 Å². The molecule has 0 atom stereocenters. The molecule has 3 heterocycles. The van der Waals surface area contributed by atoms with Crippen LogP contribution in [0.3, 0.4) is 0 Å². The minimum absolute atomic E-state index is 1.13. The van der Waals surface area contributed by atoms with Crippen LogP contribution in [-0.2, 0) is 0 Å². The van der Waals surface area contributed by atoms with Crippen LogP contribution in [0.25, 0.3) is 93.6 Å². The van der Waals surface area contributed by atoms with Crippen LogP contribution in [0, 0.1) is 0 Å². The number of aromatic nitrogens is 3. The van der Waals surface area contributed by atoms with E-state index in [0.717, 1.165) is 17.1 Å². The number of benzene rings is 8. The Morgan fingerprint density at radius 1 is 0.235 bits per heavy atom. The van der Waals surface area contributed by atoms with Crippen LogP contribution >= 0.6 is 0 Å². The molecule has 0 saturated carbocycles. The summed E-state index contributed by atoms with van der Waals surface area (Å²) in [5, 5.41) is 7.44. The highest BCUT2D eigenvalue weighted by Crippen LogP contribution is 2.43. The molecule has 0 bridgehead atoms. The Hall–Kier alpha value is -6.84. The lowest BCUT2D eigenvalue weighted by Crippen LogP contribution is -2.04. The van der Waals surface area contributed by atoms with E-state index in [9.17, 15) is 0 Å². The molecule has 11 rings (SSSR count). The molecule has 3 aromatic heterocycles. The molecule has 0 spiro atoms. The summed E-state index contributed by atoms with van der Waals surface area (Å²) in [6, 6.07) is 68.5. The molecule has 3 nitrogen and oxygen atoms in total. The van der Waals surface area contributed by atoms with E-state index in [4.69, 9.17) is 0 Å². The number of para-hydroxylation sites is 5. The third kappa shape index (κ3) is 4.06. The first-order valence-corrected chi connectivity index (χ1v) is 17.5. The summed E-state index contributed by atoms with van der Waals surface area (Å²) >= 11 is 0. The summed E-state index contributed by atoms with van der Waals surface area (Å²) in [4.78, 5) is 0. The van der Waals surface area contributed by atoms with E-state index in [-0.39, 0.29) is 0 Å². The number of rotatable bonds is 4. The lowest BCUT2D eigenvalue weighted by molar-refractivity contribution is 1.09. The van der Waals surface area contributed by atoms with Crippen molar-refractivity contribution in [3.8, 4) is 28.2 Å².